The fourth-order valence-corrected chi connectivity index (χ4v) is 4.25. The number of carbonyl (C=O) groups is 1. The first-order valence-electron chi connectivity index (χ1n) is 7.98. The molecule has 3 rings (SSSR count). The van der Waals surface area contributed by atoms with E-state index in [-0.39, 0.29) is 5.60 Å². The van der Waals surface area contributed by atoms with Crippen molar-refractivity contribution in [3.8, 4) is 0 Å². The summed E-state index contributed by atoms with van der Waals surface area (Å²) in [6, 6.07) is 0. The highest BCUT2D eigenvalue weighted by atomic mass is 16.5. The van der Waals surface area contributed by atoms with Gasteiger partial charge in [-0.25, -0.2) is 0 Å². The molecule has 1 saturated heterocycles. The van der Waals surface area contributed by atoms with Gasteiger partial charge in [-0.1, -0.05) is 25.7 Å². The smallest absolute Gasteiger partial charge is 0.136 e. The third-order valence-electron chi connectivity index (χ3n) is 5.33. The van der Waals surface area contributed by atoms with E-state index in [1.165, 1.54) is 51.4 Å². The van der Waals surface area contributed by atoms with Gasteiger partial charge in [0, 0.05) is 12.3 Å². The van der Waals surface area contributed by atoms with Crippen LogP contribution in [0.2, 0.25) is 0 Å². The fraction of sp³-hybridized carbons (Fsp3) is 0.938. The summed E-state index contributed by atoms with van der Waals surface area (Å²) in [5.41, 5.74) is 0.235. The van der Waals surface area contributed by atoms with Crippen molar-refractivity contribution < 1.29 is 9.53 Å². The van der Waals surface area contributed by atoms with Crippen LogP contribution in [0.5, 0.6) is 0 Å². The molecule has 102 valence electrons. The number of hydrogen-bond donors (Lipinski definition) is 0. The van der Waals surface area contributed by atoms with E-state index in [4.69, 9.17) is 4.74 Å². The summed E-state index contributed by atoms with van der Waals surface area (Å²) in [5.74, 6) is 0.831. The van der Waals surface area contributed by atoms with E-state index in [0.29, 0.717) is 17.8 Å². The maximum atomic E-state index is 12.1. The number of Topliss-reactive ketones (excluding diaryl/α,β-unsaturated/α-hetero) is 1. The molecule has 2 nitrogen and oxygen atoms in total. The number of ether oxygens (including phenoxy) is 1. The molecule has 2 heteroatoms. The Morgan fingerprint density at radius 1 is 1.00 bits per heavy atom. The third kappa shape index (κ3) is 2.64. The van der Waals surface area contributed by atoms with E-state index < -0.39 is 0 Å². The van der Waals surface area contributed by atoms with Crippen molar-refractivity contribution in [3.63, 3.8) is 0 Å². The molecule has 0 bridgehead atoms. The van der Waals surface area contributed by atoms with Gasteiger partial charge in [0.05, 0.1) is 11.7 Å². The van der Waals surface area contributed by atoms with Crippen molar-refractivity contribution in [2.24, 2.45) is 5.92 Å². The minimum absolute atomic E-state index is 0.235. The molecule has 2 unspecified atom stereocenters. The van der Waals surface area contributed by atoms with E-state index >= 15 is 0 Å². The molecule has 3 aliphatic rings. The predicted molar refractivity (Wildman–Crippen MR) is 71.5 cm³/mol. The van der Waals surface area contributed by atoms with Crippen LogP contribution in [0.4, 0.5) is 0 Å². The summed E-state index contributed by atoms with van der Waals surface area (Å²) in [5, 5.41) is 0. The normalized spacial score (nSPS) is 36.1. The summed E-state index contributed by atoms with van der Waals surface area (Å²) in [6.07, 6.45) is 14.6. The lowest BCUT2D eigenvalue weighted by Crippen LogP contribution is -2.27. The van der Waals surface area contributed by atoms with Crippen molar-refractivity contribution in [1.82, 2.24) is 0 Å². The second kappa shape index (κ2) is 5.32. The van der Waals surface area contributed by atoms with Crippen LogP contribution in [0.15, 0.2) is 0 Å². The third-order valence-corrected chi connectivity index (χ3v) is 5.33. The Morgan fingerprint density at radius 2 is 1.83 bits per heavy atom. The molecule has 2 atom stereocenters. The van der Waals surface area contributed by atoms with Gasteiger partial charge in [0.25, 0.3) is 0 Å². The molecular formula is C16H26O2. The number of carbonyl (C=O) groups excluding carboxylic acids is 1. The molecule has 2 aliphatic carbocycles. The van der Waals surface area contributed by atoms with E-state index in [1.807, 2.05) is 0 Å². The van der Waals surface area contributed by atoms with Crippen LogP contribution in [0.3, 0.4) is 0 Å². The largest absolute Gasteiger partial charge is 0.372 e. The molecule has 3 fully saturated rings. The zero-order valence-electron chi connectivity index (χ0n) is 11.5. The molecule has 0 N–H and O–H groups in total. The summed E-state index contributed by atoms with van der Waals surface area (Å²) in [4.78, 5) is 12.1. The Balaban J connectivity index is 1.55. The van der Waals surface area contributed by atoms with Gasteiger partial charge < -0.3 is 4.74 Å². The molecule has 1 spiro atoms. The molecule has 18 heavy (non-hydrogen) atoms. The molecule has 2 saturated carbocycles. The van der Waals surface area contributed by atoms with Crippen LogP contribution in [0.25, 0.3) is 0 Å². The predicted octanol–water partition coefficient (Wildman–Crippen LogP) is 4.02. The Labute approximate surface area is 110 Å². The minimum atomic E-state index is 0.235. The zero-order valence-corrected chi connectivity index (χ0v) is 11.5. The van der Waals surface area contributed by atoms with Crippen LogP contribution in [-0.2, 0) is 9.53 Å². The Kier molecular flexibility index (Phi) is 3.74. The Hall–Kier alpha value is -0.370. The summed E-state index contributed by atoms with van der Waals surface area (Å²) >= 11 is 0. The number of ketones is 1. The zero-order chi connectivity index (χ0) is 12.4. The molecule has 1 aliphatic heterocycles. The van der Waals surface area contributed by atoms with Crippen LogP contribution >= 0.6 is 0 Å². The molecule has 1 heterocycles. The van der Waals surface area contributed by atoms with Gasteiger partial charge in [-0.15, -0.1) is 0 Å². The van der Waals surface area contributed by atoms with Crippen molar-refractivity contribution in [2.45, 2.75) is 88.8 Å². The van der Waals surface area contributed by atoms with Gasteiger partial charge >= 0.3 is 0 Å². The van der Waals surface area contributed by atoms with E-state index in [0.717, 1.165) is 25.7 Å². The minimum Gasteiger partial charge on any atom is -0.372 e. The Bertz CT molecular complexity index is 304. The SMILES string of the molecule is O=C1CCCCCC1CC1CCC2(CCCC2)O1. The first-order chi connectivity index (χ1) is 8.77. The van der Waals surface area contributed by atoms with Gasteiger partial charge in [-0.2, -0.15) is 0 Å². The van der Waals surface area contributed by atoms with Crippen LogP contribution in [0.1, 0.15) is 77.0 Å². The monoisotopic (exact) mass is 250 g/mol. The van der Waals surface area contributed by atoms with E-state index in [9.17, 15) is 4.79 Å². The maximum Gasteiger partial charge on any atom is 0.136 e. The molecule has 0 aromatic rings. The summed E-state index contributed by atoms with van der Waals surface area (Å²) in [7, 11) is 0. The van der Waals surface area contributed by atoms with E-state index in [2.05, 4.69) is 0 Å². The van der Waals surface area contributed by atoms with Crippen molar-refractivity contribution >= 4 is 5.78 Å². The van der Waals surface area contributed by atoms with Gasteiger partial charge in [0.1, 0.15) is 5.78 Å². The average molecular weight is 250 g/mol. The molecule has 0 amide bonds. The topological polar surface area (TPSA) is 26.3 Å². The number of rotatable bonds is 2. The first-order valence-corrected chi connectivity index (χ1v) is 7.98. The first kappa shape index (κ1) is 12.7. The molecule has 0 aromatic heterocycles. The lowest BCUT2D eigenvalue weighted by Gasteiger charge is -2.25. The number of hydrogen-bond acceptors (Lipinski definition) is 2. The van der Waals surface area contributed by atoms with Crippen molar-refractivity contribution in [2.75, 3.05) is 0 Å². The molecule has 0 radical (unpaired) electrons. The van der Waals surface area contributed by atoms with Gasteiger partial charge in [0.15, 0.2) is 0 Å². The standard InChI is InChI=1S/C16H26O2/c17-15-7-3-1-2-6-13(15)12-14-8-11-16(18-14)9-4-5-10-16/h13-14H,1-12H2. The molecular weight excluding hydrogens is 224 g/mol. The van der Waals surface area contributed by atoms with Crippen LogP contribution in [0, 0.1) is 5.92 Å². The highest BCUT2D eigenvalue weighted by Gasteiger charge is 2.42. The quantitative estimate of drug-likeness (QED) is 0.692. The second-order valence-corrected chi connectivity index (χ2v) is 6.67. The van der Waals surface area contributed by atoms with Crippen LogP contribution < -0.4 is 0 Å². The summed E-state index contributed by atoms with van der Waals surface area (Å²) in [6.45, 7) is 0. The van der Waals surface area contributed by atoms with Gasteiger partial charge in [-0.05, 0) is 44.9 Å². The van der Waals surface area contributed by atoms with Gasteiger partial charge in [-0.3, -0.25) is 4.79 Å². The van der Waals surface area contributed by atoms with Gasteiger partial charge in [0.2, 0.25) is 0 Å². The highest BCUT2D eigenvalue weighted by molar-refractivity contribution is 5.81. The highest BCUT2D eigenvalue weighted by Crippen LogP contribution is 2.45. The average Bonchev–Trinajstić information content (AvgIpc) is 2.93. The lowest BCUT2D eigenvalue weighted by molar-refractivity contribution is -0.124. The second-order valence-electron chi connectivity index (χ2n) is 6.67. The fourth-order valence-electron chi connectivity index (χ4n) is 4.25. The van der Waals surface area contributed by atoms with E-state index in [1.54, 1.807) is 0 Å². The van der Waals surface area contributed by atoms with Crippen LogP contribution in [-0.4, -0.2) is 17.5 Å². The summed E-state index contributed by atoms with van der Waals surface area (Å²) < 4.78 is 6.35. The molecule has 0 aromatic carbocycles. The maximum absolute atomic E-state index is 12.1. The Morgan fingerprint density at radius 3 is 2.67 bits per heavy atom. The lowest BCUT2D eigenvalue weighted by atomic mass is 9.91. The van der Waals surface area contributed by atoms with Crippen molar-refractivity contribution in [1.29, 1.82) is 0 Å². The van der Waals surface area contributed by atoms with Crippen molar-refractivity contribution in [3.05, 3.63) is 0 Å².